The molecule has 0 aliphatic carbocycles. The first-order valence-corrected chi connectivity index (χ1v) is 9.96. The predicted octanol–water partition coefficient (Wildman–Crippen LogP) is 4.02. The lowest BCUT2D eigenvalue weighted by Gasteiger charge is -2.12. The van der Waals surface area contributed by atoms with Crippen LogP contribution in [0.4, 0.5) is 0 Å². The van der Waals surface area contributed by atoms with Crippen LogP contribution in [0.2, 0.25) is 0 Å². The molecular weight excluding hydrogens is 352 g/mol. The largest absolute Gasteiger partial charge is 0.491 e. The Balaban J connectivity index is 1.21. The molecule has 1 N–H and O–H groups in total. The maximum atomic E-state index is 12.3. The van der Waals surface area contributed by atoms with Gasteiger partial charge < -0.3 is 19.4 Å². The summed E-state index contributed by atoms with van der Waals surface area (Å²) in [7, 11) is 0. The fourth-order valence-corrected chi connectivity index (χ4v) is 3.56. The van der Waals surface area contributed by atoms with Crippen molar-refractivity contribution in [3.63, 3.8) is 0 Å². The summed E-state index contributed by atoms with van der Waals surface area (Å²) in [5.41, 5.74) is 1.88. The van der Waals surface area contributed by atoms with Gasteiger partial charge in [-0.15, -0.1) is 0 Å². The van der Waals surface area contributed by atoms with Crippen molar-refractivity contribution < 1.29 is 14.3 Å². The SMILES string of the molecule is O=C(NCCCn1ccc2ccccc21)c1ccc(OCC2CCCO2)cc1. The zero-order valence-corrected chi connectivity index (χ0v) is 16.0. The Morgan fingerprint density at radius 2 is 2.00 bits per heavy atom. The highest BCUT2D eigenvalue weighted by Crippen LogP contribution is 2.17. The third-order valence-electron chi connectivity index (χ3n) is 5.12. The highest BCUT2D eigenvalue weighted by Gasteiger charge is 2.16. The van der Waals surface area contributed by atoms with Gasteiger partial charge in [-0.1, -0.05) is 18.2 Å². The molecule has 1 aliphatic rings. The van der Waals surface area contributed by atoms with Crippen molar-refractivity contribution in [2.75, 3.05) is 19.8 Å². The molecule has 5 nitrogen and oxygen atoms in total. The lowest BCUT2D eigenvalue weighted by molar-refractivity contribution is 0.0679. The van der Waals surface area contributed by atoms with Crippen molar-refractivity contribution in [3.8, 4) is 5.75 Å². The number of hydrogen-bond acceptors (Lipinski definition) is 3. The van der Waals surface area contributed by atoms with Gasteiger partial charge in [0.05, 0.1) is 6.10 Å². The number of hydrogen-bond donors (Lipinski definition) is 1. The number of rotatable bonds is 8. The number of amides is 1. The Morgan fingerprint density at radius 3 is 2.82 bits per heavy atom. The molecule has 1 aliphatic heterocycles. The van der Waals surface area contributed by atoms with E-state index in [0.29, 0.717) is 18.7 Å². The van der Waals surface area contributed by atoms with Gasteiger partial charge >= 0.3 is 0 Å². The number of ether oxygens (including phenoxy) is 2. The summed E-state index contributed by atoms with van der Waals surface area (Å²) in [5, 5.41) is 4.24. The highest BCUT2D eigenvalue weighted by molar-refractivity contribution is 5.94. The average molecular weight is 378 g/mol. The van der Waals surface area contributed by atoms with Gasteiger partial charge in [0.1, 0.15) is 12.4 Å². The van der Waals surface area contributed by atoms with Gasteiger partial charge in [-0.25, -0.2) is 0 Å². The molecule has 4 rings (SSSR count). The molecule has 2 aromatic carbocycles. The summed E-state index contributed by atoms with van der Waals surface area (Å²) in [6.45, 7) is 2.92. The summed E-state index contributed by atoms with van der Waals surface area (Å²) >= 11 is 0. The van der Waals surface area contributed by atoms with Crippen LogP contribution in [0.1, 0.15) is 29.6 Å². The van der Waals surface area contributed by atoms with Crippen molar-refractivity contribution in [2.45, 2.75) is 31.9 Å². The number of nitrogens with one attached hydrogen (secondary N) is 1. The average Bonchev–Trinajstić information content (AvgIpc) is 3.40. The van der Waals surface area contributed by atoms with Crippen LogP contribution >= 0.6 is 0 Å². The molecule has 1 atom stereocenters. The van der Waals surface area contributed by atoms with E-state index in [1.165, 1.54) is 10.9 Å². The van der Waals surface area contributed by atoms with Gasteiger partial charge in [-0.2, -0.15) is 0 Å². The molecule has 0 spiro atoms. The first-order chi connectivity index (χ1) is 13.8. The predicted molar refractivity (Wildman–Crippen MR) is 110 cm³/mol. The van der Waals surface area contributed by atoms with Gasteiger partial charge in [0.15, 0.2) is 0 Å². The van der Waals surface area contributed by atoms with Crippen LogP contribution in [-0.4, -0.2) is 36.3 Å². The summed E-state index contributed by atoms with van der Waals surface area (Å²) in [6.07, 6.45) is 5.34. The van der Waals surface area contributed by atoms with E-state index < -0.39 is 0 Å². The highest BCUT2D eigenvalue weighted by atomic mass is 16.5. The third kappa shape index (κ3) is 4.54. The number of benzene rings is 2. The molecular formula is C23H26N2O3. The molecule has 1 aromatic heterocycles. The molecule has 1 amide bonds. The maximum absolute atomic E-state index is 12.3. The smallest absolute Gasteiger partial charge is 0.251 e. The van der Waals surface area contributed by atoms with Crippen molar-refractivity contribution in [2.24, 2.45) is 0 Å². The normalized spacial score (nSPS) is 16.4. The fraction of sp³-hybridized carbons (Fsp3) is 0.348. The molecule has 1 saturated heterocycles. The van der Waals surface area contributed by atoms with Crippen LogP contribution in [0.15, 0.2) is 60.8 Å². The molecule has 0 bridgehead atoms. The van der Waals surface area contributed by atoms with E-state index in [0.717, 1.165) is 38.2 Å². The summed E-state index contributed by atoms with van der Waals surface area (Å²) < 4.78 is 13.5. The molecule has 2 heterocycles. The standard InChI is InChI=1S/C23H26N2O3/c26-23(19-8-10-20(11-9-19)28-17-21-6-3-16-27-21)24-13-4-14-25-15-12-18-5-1-2-7-22(18)25/h1-2,5,7-12,15,21H,3-4,6,13-14,16-17H2,(H,24,26). The molecule has 5 heteroatoms. The van der Waals surface area contributed by atoms with Gasteiger partial charge in [0, 0.05) is 37.0 Å². The Kier molecular flexibility index (Phi) is 5.92. The fourth-order valence-electron chi connectivity index (χ4n) is 3.56. The summed E-state index contributed by atoms with van der Waals surface area (Å²) in [5.74, 6) is 0.717. The van der Waals surface area contributed by atoms with Crippen LogP contribution < -0.4 is 10.1 Å². The van der Waals surface area contributed by atoms with E-state index in [9.17, 15) is 4.79 Å². The van der Waals surface area contributed by atoms with E-state index >= 15 is 0 Å². The van der Waals surface area contributed by atoms with E-state index in [2.05, 4.69) is 40.3 Å². The Bertz CT molecular complexity index is 911. The number of nitrogens with zero attached hydrogens (tertiary/aromatic N) is 1. The lowest BCUT2D eigenvalue weighted by atomic mass is 10.2. The quantitative estimate of drug-likeness (QED) is 0.603. The monoisotopic (exact) mass is 378 g/mol. The third-order valence-corrected chi connectivity index (χ3v) is 5.12. The summed E-state index contributed by atoms with van der Waals surface area (Å²) in [4.78, 5) is 12.3. The van der Waals surface area contributed by atoms with Gasteiger partial charge in [0.25, 0.3) is 5.91 Å². The molecule has 146 valence electrons. The first-order valence-electron chi connectivity index (χ1n) is 9.96. The molecule has 0 radical (unpaired) electrons. The minimum atomic E-state index is -0.0527. The van der Waals surface area contributed by atoms with Crippen LogP contribution in [0, 0.1) is 0 Å². The molecule has 1 unspecified atom stereocenters. The Labute approximate surface area is 165 Å². The second kappa shape index (κ2) is 8.93. The van der Waals surface area contributed by atoms with Crippen molar-refractivity contribution in [1.29, 1.82) is 0 Å². The van der Waals surface area contributed by atoms with Gasteiger partial charge in [-0.05, 0) is 61.0 Å². The molecule has 3 aromatic rings. The van der Waals surface area contributed by atoms with Crippen molar-refractivity contribution >= 4 is 16.8 Å². The number of para-hydroxylation sites is 1. The van der Waals surface area contributed by atoms with Crippen molar-refractivity contribution in [1.82, 2.24) is 9.88 Å². The lowest BCUT2D eigenvalue weighted by Crippen LogP contribution is -2.25. The second-order valence-electron chi connectivity index (χ2n) is 7.15. The van der Waals surface area contributed by atoms with Gasteiger partial charge in [0.2, 0.25) is 0 Å². The molecule has 28 heavy (non-hydrogen) atoms. The Hall–Kier alpha value is -2.79. The van der Waals surface area contributed by atoms with Crippen molar-refractivity contribution in [3.05, 3.63) is 66.4 Å². The molecule has 1 fully saturated rings. The van der Waals surface area contributed by atoms with Crippen LogP contribution in [0.3, 0.4) is 0 Å². The molecule has 0 saturated carbocycles. The number of aromatic nitrogens is 1. The second-order valence-corrected chi connectivity index (χ2v) is 7.15. The number of carbonyl (C=O) groups is 1. The maximum Gasteiger partial charge on any atom is 0.251 e. The van der Waals surface area contributed by atoms with E-state index in [1.54, 1.807) is 12.1 Å². The van der Waals surface area contributed by atoms with Crippen LogP contribution in [-0.2, 0) is 11.3 Å². The van der Waals surface area contributed by atoms with Crippen LogP contribution in [0.25, 0.3) is 10.9 Å². The minimum absolute atomic E-state index is 0.0527. The topological polar surface area (TPSA) is 52.5 Å². The minimum Gasteiger partial charge on any atom is -0.491 e. The number of fused-ring (bicyclic) bond motifs is 1. The number of carbonyl (C=O) groups excluding carboxylic acids is 1. The van der Waals surface area contributed by atoms with E-state index in [1.807, 2.05) is 18.2 Å². The van der Waals surface area contributed by atoms with Gasteiger partial charge in [-0.3, -0.25) is 4.79 Å². The van der Waals surface area contributed by atoms with E-state index in [-0.39, 0.29) is 12.0 Å². The zero-order chi connectivity index (χ0) is 19.2. The first kappa shape index (κ1) is 18.6. The summed E-state index contributed by atoms with van der Waals surface area (Å²) in [6, 6.07) is 17.7. The Morgan fingerprint density at radius 1 is 1.14 bits per heavy atom. The zero-order valence-electron chi connectivity index (χ0n) is 16.0. The number of aryl methyl sites for hydroxylation is 1. The van der Waals surface area contributed by atoms with Crippen LogP contribution in [0.5, 0.6) is 5.75 Å². The van der Waals surface area contributed by atoms with E-state index in [4.69, 9.17) is 9.47 Å².